The van der Waals surface area contributed by atoms with Crippen molar-refractivity contribution < 1.29 is 32.3 Å². The van der Waals surface area contributed by atoms with E-state index in [0.29, 0.717) is 12.1 Å². The van der Waals surface area contributed by atoms with Gasteiger partial charge in [0.25, 0.3) is 5.69 Å². The van der Waals surface area contributed by atoms with Gasteiger partial charge in [-0.05, 0) is 6.07 Å². The lowest BCUT2D eigenvalue weighted by Gasteiger charge is -2.22. The van der Waals surface area contributed by atoms with E-state index < -0.39 is 33.1 Å². The summed E-state index contributed by atoms with van der Waals surface area (Å²) >= 11 is 1.42. The van der Waals surface area contributed by atoms with Crippen molar-refractivity contribution >= 4 is 21.6 Å². The van der Waals surface area contributed by atoms with Crippen LogP contribution in [0, 0.1) is 10.1 Å². The van der Waals surface area contributed by atoms with Crippen LogP contribution in [0.25, 0.3) is 0 Å². The van der Waals surface area contributed by atoms with Crippen LogP contribution in [-0.2, 0) is 0 Å². The lowest BCUT2D eigenvalue weighted by molar-refractivity contribution is -0.385. The van der Waals surface area contributed by atoms with Crippen LogP contribution in [0.3, 0.4) is 0 Å². The molecular formula is C8H4BrF4NO4. The zero-order valence-corrected chi connectivity index (χ0v) is 9.83. The summed E-state index contributed by atoms with van der Waals surface area (Å²) in [5.74, 6) is -2.06. The van der Waals surface area contributed by atoms with Gasteiger partial charge in [0.2, 0.25) is 0 Å². The number of hydrogen-bond donors (Lipinski definition) is 1. The number of nitro groups is 1. The van der Waals surface area contributed by atoms with E-state index in [4.69, 9.17) is 5.11 Å². The molecule has 0 heterocycles. The predicted molar refractivity (Wildman–Crippen MR) is 54.2 cm³/mol. The molecule has 1 rings (SSSR count). The summed E-state index contributed by atoms with van der Waals surface area (Å²) in [5.41, 5.74) is -0.603. The molecule has 0 aliphatic carbocycles. The number of nitro benzene ring substituents is 1. The molecule has 0 fully saturated rings. The zero-order chi connectivity index (χ0) is 14.1. The number of nitrogens with zero attached hydrogens (tertiary/aromatic N) is 1. The third-order valence-corrected chi connectivity index (χ3v) is 2.18. The van der Waals surface area contributed by atoms with E-state index in [0.717, 1.165) is 6.07 Å². The van der Waals surface area contributed by atoms with Crippen molar-refractivity contribution in [3.8, 4) is 11.5 Å². The molecule has 1 aromatic carbocycles. The Balaban J connectivity index is 3.03. The fraction of sp³-hybridized carbons (Fsp3) is 0.250. The van der Waals surface area contributed by atoms with E-state index >= 15 is 0 Å². The molecule has 100 valence electrons. The zero-order valence-electron chi connectivity index (χ0n) is 8.24. The van der Waals surface area contributed by atoms with E-state index in [1.54, 1.807) is 0 Å². The maximum atomic E-state index is 12.8. The number of ether oxygens (including phenoxy) is 1. The molecular weight excluding hydrogens is 330 g/mol. The molecule has 0 aliphatic heterocycles. The molecule has 1 N–H and O–H groups in total. The Hall–Kier alpha value is -1.58. The highest BCUT2D eigenvalue weighted by Crippen LogP contribution is 2.43. The molecule has 0 saturated carbocycles. The van der Waals surface area contributed by atoms with Crippen LogP contribution >= 0.6 is 15.9 Å². The Morgan fingerprint density at radius 3 is 2.28 bits per heavy atom. The summed E-state index contributed by atoms with van der Waals surface area (Å²) < 4.78 is 54.0. The van der Waals surface area contributed by atoms with Crippen molar-refractivity contribution in [1.29, 1.82) is 0 Å². The van der Waals surface area contributed by atoms with Crippen molar-refractivity contribution in [1.82, 2.24) is 0 Å². The molecule has 0 aliphatic rings. The van der Waals surface area contributed by atoms with Gasteiger partial charge in [-0.1, -0.05) is 0 Å². The minimum atomic E-state index is -4.93. The van der Waals surface area contributed by atoms with Crippen LogP contribution in [0.4, 0.5) is 23.2 Å². The van der Waals surface area contributed by atoms with E-state index in [1.165, 1.54) is 15.9 Å². The molecule has 0 unspecified atom stereocenters. The van der Waals surface area contributed by atoms with Gasteiger partial charge in [-0.25, -0.2) is 0 Å². The molecule has 18 heavy (non-hydrogen) atoms. The summed E-state index contributed by atoms with van der Waals surface area (Å²) in [6, 6.07) is 1.80. The Morgan fingerprint density at radius 2 is 1.89 bits per heavy atom. The van der Waals surface area contributed by atoms with Crippen LogP contribution in [0.2, 0.25) is 0 Å². The van der Waals surface area contributed by atoms with Crippen LogP contribution < -0.4 is 4.74 Å². The largest absolute Gasteiger partial charge is 0.504 e. The van der Waals surface area contributed by atoms with Crippen LogP contribution in [0.1, 0.15) is 0 Å². The van der Waals surface area contributed by atoms with E-state index in [9.17, 15) is 27.7 Å². The summed E-state index contributed by atoms with van der Waals surface area (Å²) in [7, 11) is 0. The number of non-ortho nitro benzene ring substituents is 1. The number of halogens is 5. The SMILES string of the molecule is O=[N+]([O-])c1ccc(OC(F)(F)C(F)(F)Br)c(O)c1. The molecule has 0 atom stereocenters. The maximum absolute atomic E-state index is 12.8. The molecule has 1 aromatic rings. The van der Waals surface area contributed by atoms with Gasteiger partial charge in [0.1, 0.15) is 0 Å². The van der Waals surface area contributed by atoms with Gasteiger partial charge < -0.3 is 9.84 Å². The number of benzene rings is 1. The summed E-state index contributed by atoms with van der Waals surface area (Å²) in [5, 5.41) is 19.4. The smallest absolute Gasteiger partial charge is 0.475 e. The Bertz CT molecular complexity index is 477. The van der Waals surface area contributed by atoms with Crippen LogP contribution in [0.15, 0.2) is 18.2 Å². The molecule has 0 amide bonds. The molecule has 0 bridgehead atoms. The molecule has 5 nitrogen and oxygen atoms in total. The standard InChI is InChI=1S/C8H4BrF4NO4/c9-7(10,11)8(12,13)18-6-2-1-4(14(16)17)3-5(6)15/h1-3,15H. The van der Waals surface area contributed by atoms with Crippen LogP contribution in [-0.4, -0.2) is 21.0 Å². The Kier molecular flexibility index (Phi) is 3.70. The second kappa shape index (κ2) is 4.59. The number of hydrogen-bond acceptors (Lipinski definition) is 4. The van der Waals surface area contributed by atoms with Gasteiger partial charge in [-0.15, -0.1) is 0 Å². The van der Waals surface area contributed by atoms with Gasteiger partial charge in [-0.2, -0.15) is 17.6 Å². The van der Waals surface area contributed by atoms with Gasteiger partial charge in [0, 0.05) is 22.0 Å². The Labute approximate surface area is 105 Å². The minimum absolute atomic E-state index is 0.498. The first-order chi connectivity index (χ1) is 8.04. The lowest BCUT2D eigenvalue weighted by Crippen LogP contribution is -2.40. The van der Waals surface area contributed by atoms with Crippen molar-refractivity contribution in [3.05, 3.63) is 28.3 Å². The minimum Gasteiger partial charge on any atom is -0.504 e. The average molecular weight is 334 g/mol. The number of rotatable bonds is 4. The second-order valence-corrected chi connectivity index (χ2v) is 4.02. The first-order valence-corrected chi connectivity index (χ1v) is 4.95. The predicted octanol–water partition coefficient (Wildman–Crippen LogP) is 3.26. The molecule has 0 aromatic heterocycles. The summed E-state index contributed by atoms with van der Waals surface area (Å²) in [6.07, 6.45) is -4.93. The summed E-state index contributed by atoms with van der Waals surface area (Å²) in [6.45, 7) is 0. The van der Waals surface area contributed by atoms with Crippen molar-refractivity contribution in [2.24, 2.45) is 0 Å². The third kappa shape index (κ3) is 3.00. The molecule has 10 heteroatoms. The first kappa shape index (κ1) is 14.5. The monoisotopic (exact) mass is 333 g/mol. The normalized spacial score (nSPS) is 12.3. The van der Waals surface area contributed by atoms with E-state index in [-0.39, 0.29) is 0 Å². The van der Waals surface area contributed by atoms with Gasteiger partial charge in [-0.3, -0.25) is 10.1 Å². The highest BCUT2D eigenvalue weighted by atomic mass is 79.9. The number of aromatic hydroxyl groups is 1. The topological polar surface area (TPSA) is 72.6 Å². The number of phenolic OH excluding ortho intramolecular Hbond substituents is 1. The average Bonchev–Trinajstić information content (AvgIpc) is 2.18. The molecule has 0 saturated heterocycles. The quantitative estimate of drug-likeness (QED) is 0.397. The van der Waals surface area contributed by atoms with Crippen molar-refractivity contribution in [2.75, 3.05) is 0 Å². The number of alkyl halides is 5. The summed E-state index contributed by atoms with van der Waals surface area (Å²) in [4.78, 5) is 4.73. The number of phenols is 1. The van der Waals surface area contributed by atoms with Crippen molar-refractivity contribution in [3.63, 3.8) is 0 Å². The third-order valence-electron chi connectivity index (χ3n) is 1.72. The highest BCUT2D eigenvalue weighted by Gasteiger charge is 2.58. The van der Waals surface area contributed by atoms with E-state index in [1.807, 2.05) is 0 Å². The van der Waals surface area contributed by atoms with Gasteiger partial charge in [0.05, 0.1) is 11.0 Å². The highest BCUT2D eigenvalue weighted by molar-refractivity contribution is 9.10. The lowest BCUT2D eigenvalue weighted by atomic mass is 10.3. The first-order valence-electron chi connectivity index (χ1n) is 4.15. The van der Waals surface area contributed by atoms with Gasteiger partial charge in [0.15, 0.2) is 11.5 Å². The van der Waals surface area contributed by atoms with E-state index in [2.05, 4.69) is 4.74 Å². The maximum Gasteiger partial charge on any atom is 0.475 e. The van der Waals surface area contributed by atoms with Gasteiger partial charge >= 0.3 is 10.9 Å². The van der Waals surface area contributed by atoms with Crippen LogP contribution in [0.5, 0.6) is 11.5 Å². The fourth-order valence-electron chi connectivity index (χ4n) is 0.902. The van der Waals surface area contributed by atoms with Crippen molar-refractivity contribution in [2.45, 2.75) is 10.9 Å². The second-order valence-electron chi connectivity index (χ2n) is 3.03. The molecule has 0 spiro atoms. The molecule has 0 radical (unpaired) electrons. The Morgan fingerprint density at radius 1 is 1.33 bits per heavy atom. The fourth-order valence-corrected chi connectivity index (χ4v) is 0.983.